The second-order valence-corrected chi connectivity index (χ2v) is 5.09. The fourth-order valence-corrected chi connectivity index (χ4v) is 2.22. The molecule has 0 bridgehead atoms. The third kappa shape index (κ3) is 4.08. The molecule has 6 nitrogen and oxygen atoms in total. The van der Waals surface area contributed by atoms with Crippen molar-refractivity contribution in [1.29, 1.82) is 0 Å². The highest BCUT2D eigenvalue weighted by molar-refractivity contribution is 5.80. The molecule has 0 aliphatic carbocycles. The molecule has 0 aromatic carbocycles. The molecule has 1 aromatic heterocycles. The zero-order valence-electron chi connectivity index (χ0n) is 12.3. The van der Waals surface area contributed by atoms with Crippen LogP contribution in [0.2, 0.25) is 0 Å². The molecule has 0 saturated carbocycles. The largest absolute Gasteiger partial charge is 0.361 e. The lowest BCUT2D eigenvalue weighted by Gasteiger charge is -2.16. The van der Waals surface area contributed by atoms with Crippen molar-refractivity contribution < 1.29 is 4.79 Å². The van der Waals surface area contributed by atoms with E-state index in [0.29, 0.717) is 18.3 Å². The number of rotatable bonds is 6. The van der Waals surface area contributed by atoms with Crippen molar-refractivity contribution in [3.63, 3.8) is 0 Å². The fraction of sp³-hybridized carbons (Fsp3) is 0.643. The van der Waals surface area contributed by atoms with Crippen LogP contribution in [0, 0.1) is 6.92 Å². The standard InChI is InChI=1S/C14H23N5O/c1-3-6-15-14-17-11(2)9-12(18-14)16-10-13(20)19-7-4-5-8-19/h9H,3-8,10H2,1-2H3,(H2,15,16,17,18). The van der Waals surface area contributed by atoms with Gasteiger partial charge in [-0.2, -0.15) is 4.98 Å². The van der Waals surface area contributed by atoms with Crippen LogP contribution in [0.1, 0.15) is 31.9 Å². The van der Waals surface area contributed by atoms with Crippen LogP contribution in [0.4, 0.5) is 11.8 Å². The first kappa shape index (κ1) is 14.6. The SMILES string of the molecule is CCCNc1nc(C)cc(NCC(=O)N2CCCC2)n1. The zero-order chi connectivity index (χ0) is 14.4. The first-order valence-corrected chi connectivity index (χ1v) is 7.30. The van der Waals surface area contributed by atoms with Crippen LogP contribution < -0.4 is 10.6 Å². The molecule has 20 heavy (non-hydrogen) atoms. The molecule has 1 aliphatic rings. The van der Waals surface area contributed by atoms with Crippen LogP contribution >= 0.6 is 0 Å². The van der Waals surface area contributed by atoms with Crippen molar-refractivity contribution in [2.24, 2.45) is 0 Å². The number of aryl methyl sites for hydroxylation is 1. The normalized spacial score (nSPS) is 14.4. The van der Waals surface area contributed by atoms with Gasteiger partial charge in [-0.25, -0.2) is 4.98 Å². The molecule has 0 spiro atoms. The lowest BCUT2D eigenvalue weighted by Crippen LogP contribution is -2.33. The smallest absolute Gasteiger partial charge is 0.241 e. The third-order valence-electron chi connectivity index (χ3n) is 3.27. The molecule has 2 heterocycles. The van der Waals surface area contributed by atoms with E-state index in [4.69, 9.17) is 0 Å². The monoisotopic (exact) mass is 277 g/mol. The number of aromatic nitrogens is 2. The summed E-state index contributed by atoms with van der Waals surface area (Å²) in [6.07, 6.45) is 3.25. The highest BCUT2D eigenvalue weighted by Gasteiger charge is 2.17. The van der Waals surface area contributed by atoms with Crippen molar-refractivity contribution in [1.82, 2.24) is 14.9 Å². The molecule has 1 saturated heterocycles. The van der Waals surface area contributed by atoms with E-state index in [0.717, 1.165) is 44.6 Å². The predicted octanol–water partition coefficient (Wildman–Crippen LogP) is 1.64. The van der Waals surface area contributed by atoms with E-state index in [1.165, 1.54) is 0 Å². The summed E-state index contributed by atoms with van der Waals surface area (Å²) in [5, 5.41) is 6.26. The summed E-state index contributed by atoms with van der Waals surface area (Å²) < 4.78 is 0. The zero-order valence-corrected chi connectivity index (χ0v) is 12.3. The Balaban J connectivity index is 1.91. The third-order valence-corrected chi connectivity index (χ3v) is 3.27. The van der Waals surface area contributed by atoms with Crippen molar-refractivity contribution >= 4 is 17.7 Å². The van der Waals surface area contributed by atoms with Gasteiger partial charge in [0.2, 0.25) is 11.9 Å². The molecule has 2 N–H and O–H groups in total. The second kappa shape index (κ2) is 7.07. The van der Waals surface area contributed by atoms with Crippen LogP contribution in [-0.4, -0.2) is 47.0 Å². The Bertz CT molecular complexity index is 457. The summed E-state index contributed by atoms with van der Waals surface area (Å²) in [5.41, 5.74) is 0.884. The van der Waals surface area contributed by atoms with Crippen molar-refractivity contribution in [3.05, 3.63) is 11.8 Å². The van der Waals surface area contributed by atoms with Crippen molar-refractivity contribution in [3.8, 4) is 0 Å². The van der Waals surface area contributed by atoms with E-state index in [-0.39, 0.29) is 5.91 Å². The van der Waals surface area contributed by atoms with E-state index in [1.54, 1.807) is 0 Å². The Morgan fingerprint density at radius 2 is 2.05 bits per heavy atom. The average Bonchev–Trinajstić information content (AvgIpc) is 2.96. The Morgan fingerprint density at radius 1 is 1.30 bits per heavy atom. The quantitative estimate of drug-likeness (QED) is 0.827. The van der Waals surface area contributed by atoms with Gasteiger partial charge in [0.05, 0.1) is 6.54 Å². The molecule has 1 aliphatic heterocycles. The first-order chi connectivity index (χ1) is 9.69. The fourth-order valence-electron chi connectivity index (χ4n) is 2.22. The van der Waals surface area contributed by atoms with Gasteiger partial charge in [0.25, 0.3) is 0 Å². The molecule has 0 unspecified atom stereocenters. The number of carbonyl (C=O) groups is 1. The van der Waals surface area contributed by atoms with Crippen LogP contribution in [0.3, 0.4) is 0 Å². The number of carbonyl (C=O) groups excluding carboxylic acids is 1. The minimum absolute atomic E-state index is 0.141. The van der Waals surface area contributed by atoms with Gasteiger partial charge in [0, 0.05) is 31.4 Å². The summed E-state index contributed by atoms with van der Waals surface area (Å²) in [5.74, 6) is 1.45. The van der Waals surface area contributed by atoms with Crippen LogP contribution in [-0.2, 0) is 4.79 Å². The molecule has 1 fully saturated rings. The van der Waals surface area contributed by atoms with E-state index >= 15 is 0 Å². The lowest BCUT2D eigenvalue weighted by molar-refractivity contribution is -0.128. The Hall–Kier alpha value is -1.85. The number of nitrogens with zero attached hydrogens (tertiary/aromatic N) is 3. The number of hydrogen-bond acceptors (Lipinski definition) is 5. The summed E-state index contributed by atoms with van der Waals surface area (Å²) in [6, 6.07) is 1.86. The van der Waals surface area contributed by atoms with Gasteiger partial charge in [0.1, 0.15) is 5.82 Å². The maximum Gasteiger partial charge on any atom is 0.241 e. The number of nitrogens with one attached hydrogen (secondary N) is 2. The maximum atomic E-state index is 12.0. The Labute approximate surface area is 120 Å². The molecule has 1 amide bonds. The molecule has 2 rings (SSSR count). The highest BCUT2D eigenvalue weighted by Crippen LogP contribution is 2.11. The van der Waals surface area contributed by atoms with Gasteiger partial charge < -0.3 is 15.5 Å². The second-order valence-electron chi connectivity index (χ2n) is 5.09. The minimum Gasteiger partial charge on any atom is -0.361 e. The van der Waals surface area contributed by atoms with Gasteiger partial charge in [-0.3, -0.25) is 4.79 Å². The van der Waals surface area contributed by atoms with E-state index in [2.05, 4.69) is 27.5 Å². The number of likely N-dealkylation sites (tertiary alicyclic amines) is 1. The number of amides is 1. The van der Waals surface area contributed by atoms with Gasteiger partial charge in [-0.15, -0.1) is 0 Å². The summed E-state index contributed by atoms with van der Waals surface area (Å²) in [7, 11) is 0. The molecular formula is C14H23N5O. The molecule has 110 valence electrons. The molecule has 6 heteroatoms. The molecular weight excluding hydrogens is 254 g/mol. The maximum absolute atomic E-state index is 12.0. The summed E-state index contributed by atoms with van der Waals surface area (Å²) in [4.78, 5) is 22.5. The molecule has 1 aromatic rings. The van der Waals surface area contributed by atoms with Crippen LogP contribution in [0.5, 0.6) is 0 Å². The lowest BCUT2D eigenvalue weighted by atomic mass is 10.4. The van der Waals surface area contributed by atoms with Gasteiger partial charge in [-0.05, 0) is 26.2 Å². The predicted molar refractivity (Wildman–Crippen MR) is 79.9 cm³/mol. The summed E-state index contributed by atoms with van der Waals surface area (Å²) in [6.45, 7) is 6.92. The Morgan fingerprint density at radius 3 is 2.75 bits per heavy atom. The number of anilines is 2. The molecule has 0 radical (unpaired) electrons. The average molecular weight is 277 g/mol. The van der Waals surface area contributed by atoms with Crippen LogP contribution in [0.15, 0.2) is 6.07 Å². The highest BCUT2D eigenvalue weighted by atomic mass is 16.2. The molecule has 0 atom stereocenters. The van der Waals surface area contributed by atoms with Gasteiger partial charge in [-0.1, -0.05) is 6.92 Å². The summed E-state index contributed by atoms with van der Waals surface area (Å²) >= 11 is 0. The van der Waals surface area contributed by atoms with Crippen molar-refractivity contribution in [2.45, 2.75) is 33.1 Å². The van der Waals surface area contributed by atoms with Crippen molar-refractivity contribution in [2.75, 3.05) is 36.8 Å². The minimum atomic E-state index is 0.141. The number of hydrogen-bond donors (Lipinski definition) is 2. The van der Waals surface area contributed by atoms with Gasteiger partial charge in [0.15, 0.2) is 0 Å². The first-order valence-electron chi connectivity index (χ1n) is 7.30. The van der Waals surface area contributed by atoms with E-state index in [9.17, 15) is 4.79 Å². The van der Waals surface area contributed by atoms with Gasteiger partial charge >= 0.3 is 0 Å². The topological polar surface area (TPSA) is 70.2 Å². The van der Waals surface area contributed by atoms with E-state index in [1.807, 2.05) is 17.9 Å². The Kier molecular flexibility index (Phi) is 5.15. The van der Waals surface area contributed by atoms with E-state index < -0.39 is 0 Å². The van der Waals surface area contributed by atoms with Crippen LogP contribution in [0.25, 0.3) is 0 Å².